The molecule has 0 bridgehead atoms. The van der Waals surface area contributed by atoms with Gasteiger partial charge in [-0.05, 0) is 67.3 Å². The molecule has 0 spiro atoms. The minimum Gasteiger partial charge on any atom is -0.351 e. The van der Waals surface area contributed by atoms with E-state index in [2.05, 4.69) is 17.4 Å². The number of carbonyl (C=O) groups is 1. The minimum absolute atomic E-state index is 0.0504. The molecule has 2 aliphatic rings. The van der Waals surface area contributed by atoms with Gasteiger partial charge >= 0.3 is 0 Å². The maximum atomic E-state index is 12.2. The first-order valence-electron chi connectivity index (χ1n) is 7.33. The first kappa shape index (κ1) is 12.7. The van der Waals surface area contributed by atoms with Crippen molar-refractivity contribution in [2.45, 2.75) is 38.5 Å². The maximum Gasteiger partial charge on any atom is 0.251 e. The Morgan fingerprint density at radius 1 is 1.21 bits per heavy atom. The number of amides is 1. The van der Waals surface area contributed by atoms with Crippen LogP contribution in [0.25, 0.3) is 0 Å². The summed E-state index contributed by atoms with van der Waals surface area (Å²) in [5.41, 5.74) is 9.55. The fraction of sp³-hybridized carbons (Fsp3) is 0.562. The van der Waals surface area contributed by atoms with E-state index in [1.165, 1.54) is 24.0 Å². The lowest BCUT2D eigenvalue weighted by Gasteiger charge is -2.41. The third-order valence-electron chi connectivity index (χ3n) is 4.83. The van der Waals surface area contributed by atoms with E-state index in [4.69, 9.17) is 5.73 Å². The van der Waals surface area contributed by atoms with Gasteiger partial charge in [-0.1, -0.05) is 12.5 Å². The van der Waals surface area contributed by atoms with E-state index in [0.29, 0.717) is 6.54 Å². The highest BCUT2D eigenvalue weighted by Gasteiger charge is 2.35. The van der Waals surface area contributed by atoms with Gasteiger partial charge in [-0.15, -0.1) is 0 Å². The van der Waals surface area contributed by atoms with Crippen LogP contribution >= 0.6 is 0 Å². The van der Waals surface area contributed by atoms with Gasteiger partial charge in [0.1, 0.15) is 0 Å². The summed E-state index contributed by atoms with van der Waals surface area (Å²) >= 11 is 0. The predicted molar refractivity (Wildman–Crippen MR) is 76.1 cm³/mol. The SMILES string of the molecule is NCC1(CNC(=O)c2ccc3c(c2)CCC3)CCC1. The zero-order valence-electron chi connectivity index (χ0n) is 11.4. The molecule has 1 fully saturated rings. The second-order valence-electron chi connectivity index (χ2n) is 6.08. The Morgan fingerprint density at radius 3 is 2.68 bits per heavy atom. The number of fused-ring (bicyclic) bond motifs is 1. The molecule has 1 amide bonds. The van der Waals surface area contributed by atoms with Gasteiger partial charge in [-0.3, -0.25) is 4.79 Å². The zero-order chi connectivity index (χ0) is 13.3. The first-order valence-corrected chi connectivity index (χ1v) is 7.33. The summed E-state index contributed by atoms with van der Waals surface area (Å²) < 4.78 is 0. The largest absolute Gasteiger partial charge is 0.351 e. The number of nitrogens with two attached hydrogens (primary N) is 1. The molecule has 1 aromatic carbocycles. The molecule has 3 heteroatoms. The summed E-state index contributed by atoms with van der Waals surface area (Å²) in [6, 6.07) is 6.13. The number of rotatable bonds is 4. The topological polar surface area (TPSA) is 55.1 Å². The normalized spacial score (nSPS) is 19.6. The molecule has 0 aromatic heterocycles. The monoisotopic (exact) mass is 258 g/mol. The van der Waals surface area contributed by atoms with Crippen molar-refractivity contribution in [1.29, 1.82) is 0 Å². The highest BCUT2D eigenvalue weighted by molar-refractivity contribution is 5.94. The first-order chi connectivity index (χ1) is 9.22. The molecule has 0 aliphatic heterocycles. The Kier molecular flexibility index (Phi) is 3.31. The molecule has 1 aromatic rings. The molecule has 1 saturated carbocycles. The number of nitrogens with one attached hydrogen (secondary N) is 1. The van der Waals surface area contributed by atoms with E-state index in [0.717, 1.165) is 37.8 Å². The lowest BCUT2D eigenvalue weighted by Crippen LogP contribution is -2.46. The molecule has 102 valence electrons. The Balaban J connectivity index is 1.64. The maximum absolute atomic E-state index is 12.2. The molecule has 0 heterocycles. The molecule has 0 radical (unpaired) electrons. The zero-order valence-corrected chi connectivity index (χ0v) is 11.4. The smallest absolute Gasteiger partial charge is 0.251 e. The van der Waals surface area contributed by atoms with E-state index >= 15 is 0 Å². The summed E-state index contributed by atoms with van der Waals surface area (Å²) in [6.07, 6.45) is 7.03. The summed E-state index contributed by atoms with van der Waals surface area (Å²) in [4.78, 5) is 12.2. The van der Waals surface area contributed by atoms with Gasteiger partial charge in [-0.25, -0.2) is 0 Å². The standard InChI is InChI=1S/C16H22N2O/c17-10-16(7-2-8-16)11-18-15(19)14-6-5-12-3-1-4-13(12)9-14/h5-6,9H,1-4,7-8,10-11,17H2,(H,18,19). The van der Waals surface area contributed by atoms with Crippen molar-refractivity contribution in [2.75, 3.05) is 13.1 Å². The van der Waals surface area contributed by atoms with Gasteiger partial charge < -0.3 is 11.1 Å². The van der Waals surface area contributed by atoms with Crippen LogP contribution in [-0.2, 0) is 12.8 Å². The number of hydrogen-bond acceptors (Lipinski definition) is 2. The Morgan fingerprint density at radius 2 is 2.00 bits per heavy atom. The fourth-order valence-corrected chi connectivity index (χ4v) is 3.21. The van der Waals surface area contributed by atoms with Crippen LogP contribution < -0.4 is 11.1 Å². The van der Waals surface area contributed by atoms with Crippen LogP contribution in [0, 0.1) is 5.41 Å². The summed E-state index contributed by atoms with van der Waals surface area (Å²) in [6.45, 7) is 1.40. The summed E-state index contributed by atoms with van der Waals surface area (Å²) in [5, 5.41) is 3.06. The van der Waals surface area contributed by atoms with Gasteiger partial charge in [0.05, 0.1) is 0 Å². The molecule has 3 rings (SSSR count). The van der Waals surface area contributed by atoms with E-state index in [9.17, 15) is 4.79 Å². The van der Waals surface area contributed by atoms with Crippen molar-refractivity contribution < 1.29 is 4.79 Å². The average Bonchev–Trinajstić information content (AvgIpc) is 2.84. The van der Waals surface area contributed by atoms with Gasteiger partial charge in [0, 0.05) is 12.1 Å². The lowest BCUT2D eigenvalue weighted by atomic mass is 9.69. The Bertz CT molecular complexity index is 486. The molecule has 2 aliphatic carbocycles. The molecular weight excluding hydrogens is 236 g/mol. The van der Waals surface area contributed by atoms with Crippen molar-refractivity contribution >= 4 is 5.91 Å². The summed E-state index contributed by atoms with van der Waals surface area (Å²) in [5.74, 6) is 0.0504. The molecule has 3 N–H and O–H groups in total. The number of benzene rings is 1. The van der Waals surface area contributed by atoms with Gasteiger partial charge in [0.2, 0.25) is 0 Å². The van der Waals surface area contributed by atoms with Crippen LogP contribution in [0.1, 0.15) is 47.2 Å². The highest BCUT2D eigenvalue weighted by Crippen LogP contribution is 2.39. The molecule has 0 saturated heterocycles. The van der Waals surface area contributed by atoms with Crippen molar-refractivity contribution in [1.82, 2.24) is 5.32 Å². The van der Waals surface area contributed by atoms with Crippen molar-refractivity contribution in [3.05, 3.63) is 34.9 Å². The summed E-state index contributed by atoms with van der Waals surface area (Å²) in [7, 11) is 0. The van der Waals surface area contributed by atoms with Crippen molar-refractivity contribution in [3.63, 3.8) is 0 Å². The van der Waals surface area contributed by atoms with Crippen LogP contribution in [0.5, 0.6) is 0 Å². The van der Waals surface area contributed by atoms with Gasteiger partial charge in [-0.2, -0.15) is 0 Å². The Hall–Kier alpha value is -1.35. The lowest BCUT2D eigenvalue weighted by molar-refractivity contribution is 0.0876. The van der Waals surface area contributed by atoms with Crippen LogP contribution in [0.3, 0.4) is 0 Å². The van der Waals surface area contributed by atoms with Crippen LogP contribution in [0.15, 0.2) is 18.2 Å². The Labute approximate surface area is 114 Å². The van der Waals surface area contributed by atoms with Crippen molar-refractivity contribution in [2.24, 2.45) is 11.1 Å². The number of carbonyl (C=O) groups excluding carboxylic acids is 1. The fourth-order valence-electron chi connectivity index (χ4n) is 3.21. The van der Waals surface area contributed by atoms with Crippen LogP contribution in [0.4, 0.5) is 0 Å². The number of hydrogen-bond donors (Lipinski definition) is 2. The van der Waals surface area contributed by atoms with E-state index in [-0.39, 0.29) is 11.3 Å². The predicted octanol–water partition coefficient (Wildman–Crippen LogP) is 2.03. The molecule has 19 heavy (non-hydrogen) atoms. The van der Waals surface area contributed by atoms with E-state index in [1.807, 2.05) is 6.07 Å². The second-order valence-corrected chi connectivity index (χ2v) is 6.08. The molecule has 3 nitrogen and oxygen atoms in total. The molecule has 0 atom stereocenters. The van der Waals surface area contributed by atoms with Gasteiger partial charge in [0.15, 0.2) is 0 Å². The highest BCUT2D eigenvalue weighted by atomic mass is 16.1. The van der Waals surface area contributed by atoms with Crippen LogP contribution in [-0.4, -0.2) is 19.0 Å². The van der Waals surface area contributed by atoms with Crippen molar-refractivity contribution in [3.8, 4) is 0 Å². The van der Waals surface area contributed by atoms with E-state index in [1.54, 1.807) is 0 Å². The third kappa shape index (κ3) is 2.39. The number of aryl methyl sites for hydroxylation is 2. The molecule has 0 unspecified atom stereocenters. The van der Waals surface area contributed by atoms with E-state index < -0.39 is 0 Å². The quantitative estimate of drug-likeness (QED) is 0.868. The second kappa shape index (κ2) is 4.97. The van der Waals surface area contributed by atoms with Gasteiger partial charge in [0.25, 0.3) is 5.91 Å². The van der Waals surface area contributed by atoms with Crippen LogP contribution in [0.2, 0.25) is 0 Å². The third-order valence-corrected chi connectivity index (χ3v) is 4.83. The minimum atomic E-state index is 0.0504. The molecular formula is C16H22N2O. The average molecular weight is 258 g/mol.